The third-order valence-electron chi connectivity index (χ3n) is 1.54. The summed E-state index contributed by atoms with van der Waals surface area (Å²) in [6, 6.07) is 7.41. The van der Waals surface area contributed by atoms with E-state index < -0.39 is 0 Å². The Bertz CT molecular complexity index is 250. The van der Waals surface area contributed by atoms with Crippen LogP contribution < -0.4 is 10.5 Å². The van der Waals surface area contributed by atoms with Crippen molar-refractivity contribution in [2.24, 2.45) is 0 Å². The average Bonchev–Trinajstić information content (AvgIpc) is 2.15. The van der Waals surface area contributed by atoms with Crippen molar-refractivity contribution < 1.29 is 9.47 Å². The minimum Gasteiger partial charge on any atom is -0.489 e. The smallest absolute Gasteiger partial charge is 0.142 e. The van der Waals surface area contributed by atoms with E-state index in [-0.39, 0.29) is 0 Å². The van der Waals surface area contributed by atoms with Crippen molar-refractivity contribution in [3.63, 3.8) is 0 Å². The van der Waals surface area contributed by atoms with Gasteiger partial charge in [0.05, 0.1) is 18.9 Å². The number of hydrogen-bond acceptors (Lipinski definition) is 3. The third-order valence-corrected chi connectivity index (χ3v) is 1.54. The molecule has 0 bridgehead atoms. The van der Waals surface area contributed by atoms with E-state index in [1.165, 1.54) is 0 Å². The second-order valence-electron chi connectivity index (χ2n) is 2.49. The van der Waals surface area contributed by atoms with Crippen molar-refractivity contribution in [3.05, 3.63) is 30.9 Å². The molecule has 0 aliphatic rings. The highest BCUT2D eigenvalue weighted by atomic mass is 16.5. The molecule has 13 heavy (non-hydrogen) atoms. The Balaban J connectivity index is 2.32. The lowest BCUT2D eigenvalue weighted by Gasteiger charge is -2.07. The number of nitrogen functional groups attached to an aromatic ring is 1. The Hall–Kier alpha value is -1.22. The molecule has 0 spiro atoms. The summed E-state index contributed by atoms with van der Waals surface area (Å²) in [5.74, 6) is 0.710. The lowest BCUT2D eigenvalue weighted by Crippen LogP contribution is -2.06. The van der Waals surface area contributed by atoms with E-state index in [1.807, 2.05) is 31.2 Å². The average molecular weight is 180 g/mol. The summed E-state index contributed by atoms with van der Waals surface area (Å²) in [5.41, 5.74) is 6.32. The SMILES string of the molecule is C[CH]OCCOc1ccccc1N. The number of para-hydroxylation sites is 2. The van der Waals surface area contributed by atoms with Gasteiger partial charge in [-0.25, -0.2) is 0 Å². The predicted octanol–water partition coefficient (Wildman–Crippen LogP) is 1.85. The van der Waals surface area contributed by atoms with E-state index in [0.29, 0.717) is 24.7 Å². The van der Waals surface area contributed by atoms with Crippen LogP contribution in [0.3, 0.4) is 0 Å². The fourth-order valence-electron chi connectivity index (χ4n) is 0.930. The molecular formula is C10H14NO2. The summed E-state index contributed by atoms with van der Waals surface area (Å²) in [7, 11) is 0. The molecule has 0 fully saturated rings. The summed E-state index contributed by atoms with van der Waals surface area (Å²) < 4.78 is 10.4. The van der Waals surface area contributed by atoms with Gasteiger partial charge in [0.15, 0.2) is 0 Å². The van der Waals surface area contributed by atoms with Gasteiger partial charge >= 0.3 is 0 Å². The van der Waals surface area contributed by atoms with Crippen molar-refractivity contribution in [2.75, 3.05) is 18.9 Å². The van der Waals surface area contributed by atoms with Crippen molar-refractivity contribution in [3.8, 4) is 5.75 Å². The molecule has 0 aliphatic heterocycles. The Labute approximate surface area is 78.5 Å². The first-order chi connectivity index (χ1) is 6.34. The minimum absolute atomic E-state index is 0.512. The molecule has 0 amide bonds. The molecule has 71 valence electrons. The summed E-state index contributed by atoms with van der Waals surface area (Å²) >= 11 is 0. The Kier molecular flexibility index (Phi) is 4.12. The molecule has 1 radical (unpaired) electrons. The number of benzene rings is 1. The first-order valence-electron chi connectivity index (χ1n) is 4.21. The van der Waals surface area contributed by atoms with Crippen LogP contribution in [-0.4, -0.2) is 13.2 Å². The molecule has 0 saturated heterocycles. The van der Waals surface area contributed by atoms with Crippen molar-refractivity contribution >= 4 is 5.69 Å². The maximum absolute atomic E-state index is 5.66. The molecule has 2 N–H and O–H groups in total. The normalized spacial score (nSPS) is 9.92. The number of nitrogens with two attached hydrogens (primary N) is 1. The number of ether oxygens (including phenoxy) is 2. The second kappa shape index (κ2) is 5.43. The van der Waals surface area contributed by atoms with E-state index in [1.54, 1.807) is 6.61 Å². The zero-order valence-corrected chi connectivity index (χ0v) is 7.69. The Morgan fingerprint density at radius 3 is 2.77 bits per heavy atom. The first kappa shape index (κ1) is 9.86. The summed E-state index contributed by atoms with van der Waals surface area (Å²) in [5, 5.41) is 0. The van der Waals surface area contributed by atoms with Crippen LogP contribution in [0, 0.1) is 6.61 Å². The molecule has 3 heteroatoms. The zero-order chi connectivity index (χ0) is 9.52. The fourth-order valence-corrected chi connectivity index (χ4v) is 0.930. The highest BCUT2D eigenvalue weighted by Gasteiger charge is 1.96. The maximum atomic E-state index is 5.66. The number of anilines is 1. The van der Waals surface area contributed by atoms with Crippen LogP contribution in [-0.2, 0) is 4.74 Å². The van der Waals surface area contributed by atoms with Crippen LogP contribution in [0.25, 0.3) is 0 Å². The van der Waals surface area contributed by atoms with Gasteiger partial charge in [-0.15, -0.1) is 0 Å². The van der Waals surface area contributed by atoms with Gasteiger partial charge in [0.2, 0.25) is 0 Å². The molecule has 0 aliphatic carbocycles. The minimum atomic E-state index is 0.512. The van der Waals surface area contributed by atoms with Crippen LogP contribution in [0.1, 0.15) is 6.92 Å². The van der Waals surface area contributed by atoms with E-state index >= 15 is 0 Å². The number of rotatable bonds is 5. The van der Waals surface area contributed by atoms with Gasteiger partial charge in [-0.3, -0.25) is 0 Å². The topological polar surface area (TPSA) is 44.5 Å². The summed E-state index contributed by atoms with van der Waals surface area (Å²) in [4.78, 5) is 0. The van der Waals surface area contributed by atoms with Crippen LogP contribution in [0.15, 0.2) is 24.3 Å². The lowest BCUT2D eigenvalue weighted by atomic mass is 10.3. The van der Waals surface area contributed by atoms with Crippen LogP contribution in [0.4, 0.5) is 5.69 Å². The summed E-state index contributed by atoms with van der Waals surface area (Å²) in [6.07, 6.45) is 0. The van der Waals surface area contributed by atoms with E-state index in [0.717, 1.165) is 0 Å². The molecule has 0 atom stereocenters. The Morgan fingerprint density at radius 2 is 2.08 bits per heavy atom. The van der Waals surface area contributed by atoms with E-state index in [9.17, 15) is 0 Å². The molecule has 0 unspecified atom stereocenters. The van der Waals surface area contributed by atoms with Crippen LogP contribution >= 0.6 is 0 Å². The molecule has 3 nitrogen and oxygen atoms in total. The van der Waals surface area contributed by atoms with Crippen molar-refractivity contribution in [2.45, 2.75) is 6.92 Å². The monoisotopic (exact) mass is 180 g/mol. The molecule has 1 aromatic carbocycles. The molecule has 0 aromatic heterocycles. The zero-order valence-electron chi connectivity index (χ0n) is 7.69. The molecule has 0 saturated carbocycles. The molecule has 1 rings (SSSR count). The van der Waals surface area contributed by atoms with Crippen molar-refractivity contribution in [1.82, 2.24) is 0 Å². The molecule has 1 aromatic rings. The maximum Gasteiger partial charge on any atom is 0.142 e. The van der Waals surface area contributed by atoms with Gasteiger partial charge in [0, 0.05) is 0 Å². The van der Waals surface area contributed by atoms with Gasteiger partial charge in [-0.2, -0.15) is 0 Å². The molecule has 0 heterocycles. The van der Waals surface area contributed by atoms with Gasteiger partial charge in [-0.05, 0) is 19.1 Å². The lowest BCUT2D eigenvalue weighted by molar-refractivity contribution is 0.151. The largest absolute Gasteiger partial charge is 0.489 e. The molecular weight excluding hydrogens is 166 g/mol. The standard InChI is InChI=1S/C10H14NO2/c1-2-12-7-8-13-10-6-4-3-5-9(10)11/h2-6H,7-8,11H2,1H3. The van der Waals surface area contributed by atoms with E-state index in [2.05, 4.69) is 0 Å². The van der Waals surface area contributed by atoms with Gasteiger partial charge in [-0.1, -0.05) is 12.1 Å². The summed E-state index contributed by atoms with van der Waals surface area (Å²) in [6.45, 7) is 4.53. The van der Waals surface area contributed by atoms with E-state index in [4.69, 9.17) is 15.2 Å². The van der Waals surface area contributed by atoms with Gasteiger partial charge in [0.25, 0.3) is 0 Å². The third kappa shape index (κ3) is 3.34. The second-order valence-corrected chi connectivity index (χ2v) is 2.49. The van der Waals surface area contributed by atoms with Crippen LogP contribution in [0.2, 0.25) is 0 Å². The first-order valence-corrected chi connectivity index (χ1v) is 4.21. The quantitative estimate of drug-likeness (QED) is 0.555. The number of hydrogen-bond donors (Lipinski definition) is 1. The van der Waals surface area contributed by atoms with Gasteiger partial charge in [0.1, 0.15) is 12.4 Å². The Morgan fingerprint density at radius 1 is 1.31 bits per heavy atom. The highest BCUT2D eigenvalue weighted by molar-refractivity contribution is 5.51. The fraction of sp³-hybridized carbons (Fsp3) is 0.300. The highest BCUT2D eigenvalue weighted by Crippen LogP contribution is 2.19. The predicted molar refractivity (Wildman–Crippen MR) is 52.3 cm³/mol. The van der Waals surface area contributed by atoms with Crippen LogP contribution in [0.5, 0.6) is 5.75 Å². The van der Waals surface area contributed by atoms with Gasteiger partial charge < -0.3 is 15.2 Å². The van der Waals surface area contributed by atoms with Crippen molar-refractivity contribution in [1.29, 1.82) is 0 Å².